The van der Waals surface area contributed by atoms with Crippen LogP contribution in [0.5, 0.6) is 5.75 Å². The van der Waals surface area contributed by atoms with Crippen molar-refractivity contribution in [1.82, 2.24) is 5.32 Å². The van der Waals surface area contributed by atoms with Gasteiger partial charge in [0.15, 0.2) is 6.61 Å². The number of nitrogens with zero attached hydrogens (tertiary/aromatic N) is 1. The Morgan fingerprint density at radius 2 is 1.89 bits per heavy atom. The van der Waals surface area contributed by atoms with E-state index in [1.807, 2.05) is 24.3 Å². The fourth-order valence-electron chi connectivity index (χ4n) is 8.07. The molecule has 5 rings (SSSR count). The van der Waals surface area contributed by atoms with Crippen LogP contribution in [0.3, 0.4) is 0 Å². The number of carbonyl (C=O) groups is 1. The molecule has 0 aliphatic heterocycles. The number of rotatable bonds is 6. The van der Waals surface area contributed by atoms with Gasteiger partial charge >= 0.3 is 0 Å². The predicted octanol–water partition coefficient (Wildman–Crippen LogP) is 5.01. The first-order chi connectivity index (χ1) is 17.7. The molecule has 6 atom stereocenters. The summed E-state index contributed by atoms with van der Waals surface area (Å²) in [5, 5.41) is 18.4. The summed E-state index contributed by atoms with van der Waals surface area (Å²) in [5.41, 5.74) is 2.44. The van der Waals surface area contributed by atoms with E-state index in [9.17, 15) is 9.90 Å². The highest BCUT2D eigenvalue weighted by Gasteiger charge is 2.63. The molecule has 3 fully saturated rings. The van der Waals surface area contributed by atoms with Crippen LogP contribution in [0, 0.1) is 40.9 Å². The summed E-state index contributed by atoms with van der Waals surface area (Å²) in [6.07, 6.45) is 16.0. The molecule has 0 aromatic heterocycles. The van der Waals surface area contributed by atoms with E-state index in [4.69, 9.17) is 16.0 Å². The maximum Gasteiger partial charge on any atom is 0.261 e. The number of methoxy groups -OCH3 is 1. The lowest BCUT2D eigenvalue weighted by molar-refractivity contribution is -0.125. The highest BCUT2D eigenvalue weighted by molar-refractivity contribution is 5.96. The minimum absolute atomic E-state index is 0.0941. The number of terminal acetylenes is 1. The van der Waals surface area contributed by atoms with Crippen molar-refractivity contribution in [3.63, 3.8) is 0 Å². The molecule has 4 aliphatic carbocycles. The molecule has 2 unspecified atom stereocenters. The molecular formula is C31H40N2O4. The van der Waals surface area contributed by atoms with Gasteiger partial charge in [0, 0.05) is 12.0 Å². The van der Waals surface area contributed by atoms with E-state index in [1.54, 1.807) is 7.11 Å². The third-order valence-corrected chi connectivity index (χ3v) is 10.4. The van der Waals surface area contributed by atoms with Gasteiger partial charge in [-0.3, -0.25) is 4.79 Å². The van der Waals surface area contributed by atoms with Crippen molar-refractivity contribution in [2.75, 3.05) is 13.7 Å². The zero-order chi connectivity index (χ0) is 26.3. The molecule has 0 saturated heterocycles. The van der Waals surface area contributed by atoms with E-state index >= 15 is 0 Å². The molecule has 4 aliphatic rings. The molecule has 6 nitrogen and oxygen atoms in total. The maximum atomic E-state index is 12.2. The minimum Gasteiger partial charge on any atom is -0.497 e. The van der Waals surface area contributed by atoms with Gasteiger partial charge in [-0.25, -0.2) is 0 Å². The minimum atomic E-state index is -0.954. The number of fused-ring (bicyclic) bond motifs is 5. The molecule has 198 valence electrons. The molecule has 2 N–H and O–H groups in total. The first-order valence-electron chi connectivity index (χ1n) is 13.7. The number of ether oxygens (including phenoxy) is 1. The van der Waals surface area contributed by atoms with E-state index in [1.165, 1.54) is 5.57 Å². The number of carbonyl (C=O) groups excluding carboxylic acids is 1. The second kappa shape index (κ2) is 9.83. The van der Waals surface area contributed by atoms with Crippen molar-refractivity contribution >= 4 is 11.6 Å². The van der Waals surface area contributed by atoms with Crippen molar-refractivity contribution in [3.05, 3.63) is 41.5 Å². The van der Waals surface area contributed by atoms with Gasteiger partial charge in [0.1, 0.15) is 11.4 Å². The van der Waals surface area contributed by atoms with Gasteiger partial charge in [-0.2, -0.15) is 0 Å². The number of allylic oxidation sites excluding steroid dienone is 2. The van der Waals surface area contributed by atoms with Gasteiger partial charge in [-0.05, 0) is 98.3 Å². The Bertz CT molecular complexity index is 1130. The summed E-state index contributed by atoms with van der Waals surface area (Å²) in [6, 6.07) is 7.60. The van der Waals surface area contributed by atoms with E-state index in [0.717, 1.165) is 68.4 Å². The van der Waals surface area contributed by atoms with Crippen LogP contribution in [-0.2, 0) is 16.2 Å². The van der Waals surface area contributed by atoms with Gasteiger partial charge in [-0.15, -0.1) is 6.42 Å². The summed E-state index contributed by atoms with van der Waals surface area (Å²) in [5.74, 6) is 5.11. The lowest BCUT2D eigenvalue weighted by Crippen LogP contribution is -2.54. The molecule has 37 heavy (non-hydrogen) atoms. The fourth-order valence-corrected chi connectivity index (χ4v) is 8.07. The van der Waals surface area contributed by atoms with Crippen molar-refractivity contribution < 1.29 is 19.5 Å². The van der Waals surface area contributed by atoms with Crippen LogP contribution >= 0.6 is 0 Å². The SMILES string of the molecule is C#C[C@]1(O)CCC2[C@@H]3CCC4=C/C(=N/OCC(=O)NCc5ccc(OC)cc5)CC[C@]4(C)C3CC[C@@]21C. The average Bonchev–Trinajstić information content (AvgIpc) is 3.18. The second-order valence-corrected chi connectivity index (χ2v) is 12.0. The molecule has 0 radical (unpaired) electrons. The van der Waals surface area contributed by atoms with Crippen LogP contribution in [-0.4, -0.2) is 36.0 Å². The smallest absolute Gasteiger partial charge is 0.261 e. The van der Waals surface area contributed by atoms with Crippen molar-refractivity contribution in [1.29, 1.82) is 0 Å². The van der Waals surface area contributed by atoms with Crippen LogP contribution in [0.2, 0.25) is 0 Å². The summed E-state index contributed by atoms with van der Waals surface area (Å²) >= 11 is 0. The zero-order valence-corrected chi connectivity index (χ0v) is 22.4. The van der Waals surface area contributed by atoms with Crippen LogP contribution < -0.4 is 10.1 Å². The lowest BCUT2D eigenvalue weighted by atomic mass is 9.46. The monoisotopic (exact) mass is 504 g/mol. The Morgan fingerprint density at radius 3 is 2.62 bits per heavy atom. The van der Waals surface area contributed by atoms with Crippen molar-refractivity contribution in [2.24, 2.45) is 33.7 Å². The maximum absolute atomic E-state index is 12.2. The first-order valence-corrected chi connectivity index (χ1v) is 13.7. The summed E-state index contributed by atoms with van der Waals surface area (Å²) in [7, 11) is 1.63. The highest BCUT2D eigenvalue weighted by Crippen LogP contribution is 2.67. The number of amides is 1. The number of hydrogen-bond acceptors (Lipinski definition) is 5. The average molecular weight is 505 g/mol. The molecule has 1 amide bonds. The summed E-state index contributed by atoms with van der Waals surface area (Å²) < 4.78 is 5.16. The van der Waals surface area contributed by atoms with Crippen LogP contribution in [0.15, 0.2) is 41.1 Å². The van der Waals surface area contributed by atoms with Crippen LogP contribution in [0.1, 0.15) is 70.8 Å². The van der Waals surface area contributed by atoms with Crippen LogP contribution in [0.4, 0.5) is 0 Å². The van der Waals surface area contributed by atoms with E-state index in [-0.39, 0.29) is 23.3 Å². The van der Waals surface area contributed by atoms with Crippen molar-refractivity contribution in [3.8, 4) is 18.1 Å². The largest absolute Gasteiger partial charge is 0.497 e. The summed E-state index contributed by atoms with van der Waals surface area (Å²) in [6.45, 7) is 5.02. The lowest BCUT2D eigenvalue weighted by Gasteiger charge is -2.58. The molecule has 0 spiro atoms. The van der Waals surface area contributed by atoms with E-state index in [0.29, 0.717) is 24.3 Å². The number of nitrogens with one attached hydrogen (secondary N) is 1. The third kappa shape index (κ3) is 4.46. The molecular weight excluding hydrogens is 464 g/mol. The first kappa shape index (κ1) is 25.9. The highest BCUT2D eigenvalue weighted by atomic mass is 16.6. The van der Waals surface area contributed by atoms with Gasteiger partial charge < -0.3 is 20.0 Å². The molecule has 3 saturated carbocycles. The summed E-state index contributed by atoms with van der Waals surface area (Å²) in [4.78, 5) is 17.7. The number of aliphatic hydroxyl groups is 1. The Labute approximate surface area is 220 Å². The standard InChI is InChI=1S/C31H40N2O4/c1-5-31(35)17-14-27-25-11-8-22-18-23(12-15-29(22,2)26(25)13-16-30(27,31)3)33-37-20-28(34)32-19-21-6-9-24(36-4)10-7-21/h1,6-7,9-10,18,25-27,35H,8,11-17,19-20H2,2-4H3,(H,32,34)/b33-23+/t25-,26?,27?,29+,30+,31+/m1/s1. The van der Waals surface area contributed by atoms with E-state index in [2.05, 4.69) is 36.3 Å². The number of oxime groups is 1. The Balaban J connectivity index is 1.18. The van der Waals surface area contributed by atoms with E-state index < -0.39 is 5.60 Å². The molecule has 0 heterocycles. The Morgan fingerprint density at radius 1 is 1.14 bits per heavy atom. The molecule has 1 aromatic rings. The third-order valence-electron chi connectivity index (χ3n) is 10.4. The fraction of sp³-hybridized carbons (Fsp3) is 0.613. The number of hydrogen-bond donors (Lipinski definition) is 2. The zero-order valence-electron chi connectivity index (χ0n) is 22.4. The number of benzene rings is 1. The van der Waals surface area contributed by atoms with Crippen molar-refractivity contribution in [2.45, 2.75) is 77.4 Å². The Kier molecular flexibility index (Phi) is 6.87. The van der Waals surface area contributed by atoms with Crippen LogP contribution in [0.25, 0.3) is 0 Å². The molecule has 0 bridgehead atoms. The Hall–Kier alpha value is -2.78. The second-order valence-electron chi connectivity index (χ2n) is 12.0. The van der Waals surface area contributed by atoms with Gasteiger partial charge in [0.2, 0.25) is 0 Å². The van der Waals surface area contributed by atoms with Gasteiger partial charge in [0.25, 0.3) is 5.91 Å². The predicted molar refractivity (Wildman–Crippen MR) is 144 cm³/mol. The van der Waals surface area contributed by atoms with Gasteiger partial charge in [0.05, 0.1) is 12.8 Å². The topological polar surface area (TPSA) is 80.2 Å². The molecule has 6 heteroatoms. The normalized spacial score (nSPS) is 37.4. The molecule has 1 aromatic carbocycles. The van der Waals surface area contributed by atoms with Gasteiger partial charge in [-0.1, -0.05) is 42.6 Å². The quantitative estimate of drug-likeness (QED) is 0.422.